The molecule has 0 fully saturated rings. The largest absolute Gasteiger partial charge is 0.437 e. The molecule has 1 aliphatic carbocycles. The number of benzene rings is 6. The molecule has 3 aliphatic rings. The van der Waals surface area contributed by atoms with Gasteiger partial charge in [0.25, 0.3) is 0 Å². The minimum absolute atomic E-state index is 0.145. The van der Waals surface area contributed by atoms with Crippen LogP contribution >= 0.6 is 0 Å². The minimum atomic E-state index is -0.145. The summed E-state index contributed by atoms with van der Waals surface area (Å²) in [6.45, 7) is 6.87. The van der Waals surface area contributed by atoms with E-state index in [4.69, 9.17) is 8.83 Å². The van der Waals surface area contributed by atoms with Gasteiger partial charge < -0.3 is 13.7 Å². The van der Waals surface area contributed by atoms with E-state index in [9.17, 15) is 0 Å². The summed E-state index contributed by atoms with van der Waals surface area (Å²) in [4.78, 5) is 7.06. The number of para-hydroxylation sites is 3. The van der Waals surface area contributed by atoms with Crippen molar-refractivity contribution >= 4 is 73.5 Å². The van der Waals surface area contributed by atoms with E-state index >= 15 is 0 Å². The van der Waals surface area contributed by atoms with Gasteiger partial charge in [-0.05, 0) is 83.3 Å². The van der Waals surface area contributed by atoms with Crippen LogP contribution in [0.15, 0.2) is 142 Å². The van der Waals surface area contributed by atoms with Crippen molar-refractivity contribution in [2.75, 3.05) is 14.7 Å². The Morgan fingerprint density at radius 3 is 1.92 bits per heavy atom. The second-order valence-electron chi connectivity index (χ2n) is 14.1. The molecular weight excluding hydrogens is 615 g/mol. The third-order valence-electron chi connectivity index (χ3n) is 11.0. The summed E-state index contributed by atoms with van der Waals surface area (Å²) in [5.41, 5.74) is 15.3. The van der Waals surface area contributed by atoms with Gasteiger partial charge in [0.05, 0.1) is 17.1 Å². The van der Waals surface area contributed by atoms with Crippen molar-refractivity contribution in [3.8, 4) is 11.1 Å². The summed E-state index contributed by atoms with van der Waals surface area (Å²) in [6, 6.07) is 47.7. The van der Waals surface area contributed by atoms with E-state index in [1.54, 1.807) is 0 Å². The van der Waals surface area contributed by atoms with Crippen molar-refractivity contribution in [1.82, 2.24) is 0 Å². The van der Waals surface area contributed by atoms with Gasteiger partial charge in [0.2, 0.25) is 11.8 Å². The summed E-state index contributed by atoms with van der Waals surface area (Å²) in [6.07, 6.45) is 0.886. The van der Waals surface area contributed by atoms with Gasteiger partial charge >= 0.3 is 0 Å². The van der Waals surface area contributed by atoms with E-state index in [0.717, 1.165) is 79.9 Å². The van der Waals surface area contributed by atoms with Crippen LogP contribution in [0, 0.1) is 0 Å². The summed E-state index contributed by atoms with van der Waals surface area (Å²) >= 11 is 0. The van der Waals surface area contributed by atoms with Gasteiger partial charge in [-0.25, -0.2) is 0 Å². The Hall–Kier alpha value is -6.20. The molecule has 0 bridgehead atoms. The number of fused-ring (bicyclic) bond motifs is 12. The zero-order chi connectivity index (χ0) is 33.3. The van der Waals surface area contributed by atoms with Crippen LogP contribution in [0.4, 0.5) is 51.6 Å². The number of hydrogen-bond acceptors (Lipinski definition) is 5. The molecule has 6 aromatic carbocycles. The molecule has 8 aromatic rings. The second kappa shape index (κ2) is 9.70. The molecule has 0 radical (unpaired) electrons. The van der Waals surface area contributed by atoms with Crippen molar-refractivity contribution in [1.29, 1.82) is 0 Å². The van der Waals surface area contributed by atoms with Crippen LogP contribution in [0.3, 0.4) is 0 Å². The average molecular weight is 648 g/mol. The van der Waals surface area contributed by atoms with Crippen molar-refractivity contribution in [2.24, 2.45) is 0 Å². The third kappa shape index (κ3) is 3.41. The van der Waals surface area contributed by atoms with Gasteiger partial charge in [-0.2, -0.15) is 0 Å². The van der Waals surface area contributed by atoms with Gasteiger partial charge in [-0.3, -0.25) is 9.80 Å². The van der Waals surface area contributed by atoms with Crippen molar-refractivity contribution in [2.45, 2.75) is 32.6 Å². The van der Waals surface area contributed by atoms with Gasteiger partial charge in [0.15, 0.2) is 0 Å². The van der Waals surface area contributed by atoms with E-state index in [-0.39, 0.29) is 5.41 Å². The molecule has 0 amide bonds. The van der Waals surface area contributed by atoms with Gasteiger partial charge in [-0.1, -0.05) is 99.6 Å². The van der Waals surface area contributed by atoms with Gasteiger partial charge in [0.1, 0.15) is 22.5 Å². The van der Waals surface area contributed by atoms with E-state index in [2.05, 4.69) is 163 Å². The maximum atomic E-state index is 7.38. The molecule has 0 saturated heterocycles. The molecular formula is C45H33N3O2. The van der Waals surface area contributed by atoms with E-state index in [0.29, 0.717) is 0 Å². The number of anilines is 9. The Balaban J connectivity index is 1.32. The van der Waals surface area contributed by atoms with Crippen molar-refractivity contribution in [3.05, 3.63) is 150 Å². The molecule has 2 aromatic heterocycles. The van der Waals surface area contributed by atoms with Crippen LogP contribution < -0.4 is 14.7 Å². The standard InChI is InChI=1S/C45H33N3O2/c1-4-27-25-35-41-36(26-27)47(29-17-9-6-10-18-29)43-39(31-20-12-14-22-37(31)49-43)48(41)44-40(46(35)28-15-7-5-8-16-28)32-23-24-34-38(42(32)50-44)30-19-11-13-21-33(30)45(34,2)3/h5-26H,4H2,1-3H3. The molecule has 11 rings (SSSR count). The normalized spacial score (nSPS) is 14.8. The van der Waals surface area contributed by atoms with Crippen LogP contribution in [0.5, 0.6) is 0 Å². The number of rotatable bonds is 3. The Kier molecular flexibility index (Phi) is 5.38. The fraction of sp³-hybridized carbons (Fsp3) is 0.111. The Morgan fingerprint density at radius 2 is 1.16 bits per heavy atom. The maximum Gasteiger partial charge on any atom is 0.230 e. The number of nitrogens with zero attached hydrogens (tertiary/aromatic N) is 3. The number of aryl methyl sites for hydroxylation is 1. The average Bonchev–Trinajstić information content (AvgIpc) is 3.80. The smallest absolute Gasteiger partial charge is 0.230 e. The quantitative estimate of drug-likeness (QED) is 0.191. The molecule has 0 saturated carbocycles. The van der Waals surface area contributed by atoms with Crippen LogP contribution in [-0.2, 0) is 11.8 Å². The lowest BCUT2D eigenvalue weighted by molar-refractivity contribution is 0.605. The number of hydrogen-bond donors (Lipinski definition) is 0. The second-order valence-corrected chi connectivity index (χ2v) is 14.1. The lowest BCUT2D eigenvalue weighted by Gasteiger charge is -2.43. The first-order valence-electron chi connectivity index (χ1n) is 17.4. The van der Waals surface area contributed by atoms with E-state index in [1.807, 2.05) is 6.07 Å². The first-order chi connectivity index (χ1) is 24.5. The SMILES string of the molecule is CCc1cc2c3c(c1)N(c1ccccc1)c1c(oc4c5c(ccc14)C(C)(C)c1ccccc1-5)N3c1c(oc3ccccc13)N2c1ccccc1. The first kappa shape index (κ1) is 27.7. The summed E-state index contributed by atoms with van der Waals surface area (Å²) < 4.78 is 14.2. The predicted molar refractivity (Wildman–Crippen MR) is 204 cm³/mol. The molecule has 5 nitrogen and oxygen atoms in total. The minimum Gasteiger partial charge on any atom is -0.437 e. The molecule has 0 spiro atoms. The molecule has 5 heteroatoms. The monoisotopic (exact) mass is 647 g/mol. The van der Waals surface area contributed by atoms with Gasteiger partial charge in [0, 0.05) is 33.1 Å². The van der Waals surface area contributed by atoms with E-state index in [1.165, 1.54) is 27.8 Å². The van der Waals surface area contributed by atoms with Crippen LogP contribution in [0.1, 0.15) is 37.5 Å². The first-order valence-corrected chi connectivity index (χ1v) is 17.4. The fourth-order valence-corrected chi connectivity index (χ4v) is 8.73. The third-order valence-corrected chi connectivity index (χ3v) is 11.0. The summed E-state index contributed by atoms with van der Waals surface area (Å²) in [5.74, 6) is 1.57. The maximum absolute atomic E-state index is 7.38. The summed E-state index contributed by atoms with van der Waals surface area (Å²) in [7, 11) is 0. The molecule has 50 heavy (non-hydrogen) atoms. The lowest BCUT2D eigenvalue weighted by atomic mass is 9.82. The topological polar surface area (TPSA) is 36.0 Å². The molecule has 2 aliphatic heterocycles. The zero-order valence-electron chi connectivity index (χ0n) is 28.1. The Labute approximate surface area is 290 Å². The fourth-order valence-electron chi connectivity index (χ4n) is 8.73. The Bertz CT molecular complexity index is 2690. The van der Waals surface area contributed by atoms with E-state index < -0.39 is 0 Å². The number of furan rings is 2. The van der Waals surface area contributed by atoms with Crippen LogP contribution in [0.25, 0.3) is 33.1 Å². The van der Waals surface area contributed by atoms with Crippen LogP contribution in [-0.4, -0.2) is 0 Å². The van der Waals surface area contributed by atoms with Crippen LogP contribution in [0.2, 0.25) is 0 Å². The zero-order valence-corrected chi connectivity index (χ0v) is 28.1. The van der Waals surface area contributed by atoms with Gasteiger partial charge in [-0.15, -0.1) is 0 Å². The Morgan fingerprint density at radius 1 is 0.540 bits per heavy atom. The lowest BCUT2D eigenvalue weighted by Crippen LogP contribution is -2.29. The predicted octanol–water partition coefficient (Wildman–Crippen LogP) is 13.1. The summed E-state index contributed by atoms with van der Waals surface area (Å²) in [5, 5.41) is 2.12. The molecule has 0 unspecified atom stereocenters. The highest BCUT2D eigenvalue weighted by molar-refractivity contribution is 6.21. The highest BCUT2D eigenvalue weighted by Gasteiger charge is 2.46. The highest BCUT2D eigenvalue weighted by Crippen LogP contribution is 2.67. The molecule has 240 valence electrons. The molecule has 0 atom stereocenters. The highest BCUT2D eigenvalue weighted by atomic mass is 16.4. The van der Waals surface area contributed by atoms with Crippen molar-refractivity contribution in [3.63, 3.8) is 0 Å². The molecule has 0 N–H and O–H groups in total. The van der Waals surface area contributed by atoms with Crippen molar-refractivity contribution < 1.29 is 8.83 Å². The molecule has 4 heterocycles.